The molecule has 0 bridgehead atoms. The number of rotatable bonds is 9. The first kappa shape index (κ1) is 24.7. The number of aryl methyl sites for hydroxylation is 1. The van der Waals surface area contributed by atoms with Crippen LogP contribution < -0.4 is 14.9 Å². The zero-order valence-corrected chi connectivity index (χ0v) is 20.4. The highest BCUT2D eigenvalue weighted by molar-refractivity contribution is 6.04. The van der Waals surface area contributed by atoms with Crippen molar-refractivity contribution in [1.29, 1.82) is 0 Å². The average molecular weight is 481 g/mol. The van der Waals surface area contributed by atoms with Crippen LogP contribution in [0.4, 0.5) is 0 Å². The summed E-state index contributed by atoms with van der Waals surface area (Å²) in [7, 11) is 0. The van der Waals surface area contributed by atoms with E-state index in [4.69, 9.17) is 9.47 Å². The van der Waals surface area contributed by atoms with Crippen LogP contribution in [0.15, 0.2) is 90.0 Å². The number of hydrogen-bond donors (Lipinski definition) is 1. The molecule has 0 saturated carbocycles. The molecular formula is C30H28N2O4. The maximum Gasteiger partial charge on any atom is 0.343 e. The van der Waals surface area contributed by atoms with E-state index in [1.54, 1.807) is 42.5 Å². The van der Waals surface area contributed by atoms with Crippen LogP contribution in [0.1, 0.15) is 51.6 Å². The van der Waals surface area contributed by atoms with Gasteiger partial charge in [0.05, 0.1) is 18.4 Å². The average Bonchev–Trinajstić information content (AvgIpc) is 2.90. The number of esters is 1. The zero-order chi connectivity index (χ0) is 25.3. The van der Waals surface area contributed by atoms with Crippen LogP contribution in [0.3, 0.4) is 0 Å². The third kappa shape index (κ3) is 6.16. The minimum Gasteiger partial charge on any atom is -0.494 e. The summed E-state index contributed by atoms with van der Waals surface area (Å²) in [5, 5.41) is 5.96. The molecule has 0 aromatic heterocycles. The number of hydrazone groups is 1. The predicted octanol–water partition coefficient (Wildman–Crippen LogP) is 6.31. The van der Waals surface area contributed by atoms with E-state index in [1.807, 2.05) is 49.4 Å². The zero-order valence-electron chi connectivity index (χ0n) is 20.4. The highest BCUT2D eigenvalue weighted by Gasteiger charge is 2.14. The third-order valence-corrected chi connectivity index (χ3v) is 5.66. The fraction of sp³-hybridized carbons (Fsp3) is 0.167. The standard InChI is InChI=1S/C30H28N2O4/c1-3-4-19-35-25-16-13-23(14-17-25)29(33)32-31-20-27-26-8-6-5-7-22(26)15-18-28(27)36-30(34)24-11-9-21(2)10-12-24/h5-18,20H,3-4,19H2,1-2H3,(H,32,33)/b31-20+. The highest BCUT2D eigenvalue weighted by atomic mass is 16.5. The summed E-state index contributed by atoms with van der Waals surface area (Å²) in [5.74, 6) is 0.250. The van der Waals surface area contributed by atoms with E-state index in [0.717, 1.165) is 34.9 Å². The van der Waals surface area contributed by atoms with Crippen molar-refractivity contribution in [3.05, 3.63) is 107 Å². The van der Waals surface area contributed by atoms with Crippen LogP contribution >= 0.6 is 0 Å². The Kier molecular flexibility index (Phi) is 8.08. The van der Waals surface area contributed by atoms with Crippen molar-refractivity contribution in [2.45, 2.75) is 26.7 Å². The molecule has 6 nitrogen and oxygen atoms in total. The Balaban J connectivity index is 1.51. The second kappa shape index (κ2) is 11.8. The topological polar surface area (TPSA) is 77.0 Å². The number of carbonyl (C=O) groups is 2. The third-order valence-electron chi connectivity index (χ3n) is 5.66. The summed E-state index contributed by atoms with van der Waals surface area (Å²) in [5.41, 5.74) is 5.11. The van der Waals surface area contributed by atoms with E-state index in [9.17, 15) is 9.59 Å². The van der Waals surface area contributed by atoms with Gasteiger partial charge in [-0.05, 0) is 66.6 Å². The van der Waals surface area contributed by atoms with Crippen molar-refractivity contribution in [3.63, 3.8) is 0 Å². The fourth-order valence-electron chi connectivity index (χ4n) is 3.60. The first-order valence-electron chi connectivity index (χ1n) is 11.9. The van der Waals surface area contributed by atoms with Gasteiger partial charge in [0.15, 0.2) is 0 Å². The molecule has 36 heavy (non-hydrogen) atoms. The predicted molar refractivity (Wildman–Crippen MR) is 142 cm³/mol. The van der Waals surface area contributed by atoms with Crippen molar-refractivity contribution in [2.24, 2.45) is 5.10 Å². The van der Waals surface area contributed by atoms with Gasteiger partial charge in [0.2, 0.25) is 0 Å². The number of carbonyl (C=O) groups excluding carboxylic acids is 2. The largest absolute Gasteiger partial charge is 0.494 e. The van der Waals surface area contributed by atoms with Gasteiger partial charge in [0, 0.05) is 11.1 Å². The molecule has 0 radical (unpaired) electrons. The van der Waals surface area contributed by atoms with Gasteiger partial charge in [-0.1, -0.05) is 61.4 Å². The van der Waals surface area contributed by atoms with Crippen LogP contribution in [0.2, 0.25) is 0 Å². The molecule has 0 atom stereocenters. The van der Waals surface area contributed by atoms with Gasteiger partial charge in [0.1, 0.15) is 11.5 Å². The van der Waals surface area contributed by atoms with Crippen molar-refractivity contribution in [2.75, 3.05) is 6.61 Å². The van der Waals surface area contributed by atoms with Crippen molar-refractivity contribution >= 4 is 28.9 Å². The molecule has 1 N–H and O–H groups in total. The van der Waals surface area contributed by atoms with E-state index in [0.29, 0.717) is 29.0 Å². The monoisotopic (exact) mass is 480 g/mol. The summed E-state index contributed by atoms with van der Waals surface area (Å²) < 4.78 is 11.4. The van der Waals surface area contributed by atoms with Crippen molar-refractivity contribution in [1.82, 2.24) is 5.43 Å². The van der Waals surface area contributed by atoms with Crippen LogP contribution in [0, 0.1) is 6.92 Å². The molecule has 4 aromatic rings. The minimum absolute atomic E-state index is 0.353. The number of amides is 1. The second-order valence-electron chi connectivity index (χ2n) is 8.38. The Hall–Kier alpha value is -4.45. The van der Waals surface area contributed by atoms with Gasteiger partial charge in [-0.2, -0.15) is 5.10 Å². The highest BCUT2D eigenvalue weighted by Crippen LogP contribution is 2.27. The molecule has 0 aliphatic carbocycles. The lowest BCUT2D eigenvalue weighted by Gasteiger charge is -2.11. The van der Waals surface area contributed by atoms with Gasteiger partial charge in [-0.3, -0.25) is 4.79 Å². The lowest BCUT2D eigenvalue weighted by Crippen LogP contribution is -2.17. The molecule has 0 spiro atoms. The number of ether oxygens (including phenoxy) is 2. The van der Waals surface area contributed by atoms with Gasteiger partial charge in [-0.25, -0.2) is 10.2 Å². The van der Waals surface area contributed by atoms with Gasteiger partial charge >= 0.3 is 5.97 Å². The van der Waals surface area contributed by atoms with Crippen molar-refractivity contribution < 1.29 is 19.1 Å². The Bertz CT molecular complexity index is 1380. The smallest absolute Gasteiger partial charge is 0.343 e. The normalized spacial score (nSPS) is 10.9. The number of benzene rings is 4. The number of fused-ring (bicyclic) bond motifs is 1. The molecule has 0 fully saturated rings. The number of nitrogens with one attached hydrogen (secondary N) is 1. The number of nitrogens with zero attached hydrogens (tertiary/aromatic N) is 1. The molecule has 0 aliphatic rings. The maximum atomic E-state index is 12.7. The summed E-state index contributed by atoms with van der Waals surface area (Å²) >= 11 is 0. The Morgan fingerprint density at radius 3 is 2.36 bits per heavy atom. The lowest BCUT2D eigenvalue weighted by molar-refractivity contribution is 0.0734. The van der Waals surface area contributed by atoms with Crippen LogP contribution in [-0.4, -0.2) is 24.7 Å². The van der Waals surface area contributed by atoms with E-state index in [2.05, 4.69) is 17.5 Å². The first-order valence-corrected chi connectivity index (χ1v) is 11.9. The Morgan fingerprint density at radius 1 is 0.889 bits per heavy atom. The number of unbranched alkanes of at least 4 members (excludes halogenated alkanes) is 1. The summed E-state index contributed by atoms with van der Waals surface area (Å²) in [4.78, 5) is 25.3. The lowest BCUT2D eigenvalue weighted by atomic mass is 10.0. The molecule has 182 valence electrons. The van der Waals surface area contributed by atoms with E-state index < -0.39 is 5.97 Å². The van der Waals surface area contributed by atoms with Crippen LogP contribution in [0.5, 0.6) is 11.5 Å². The summed E-state index contributed by atoms with van der Waals surface area (Å²) in [6.07, 6.45) is 3.54. The molecule has 0 aliphatic heterocycles. The molecule has 0 unspecified atom stereocenters. The summed E-state index contributed by atoms with van der Waals surface area (Å²) in [6, 6.07) is 25.4. The van der Waals surface area contributed by atoms with E-state index in [-0.39, 0.29) is 5.91 Å². The Morgan fingerprint density at radius 2 is 1.61 bits per heavy atom. The minimum atomic E-state index is -0.467. The maximum absolute atomic E-state index is 12.7. The fourth-order valence-corrected chi connectivity index (χ4v) is 3.60. The first-order chi connectivity index (χ1) is 17.5. The molecular weight excluding hydrogens is 452 g/mol. The van der Waals surface area contributed by atoms with Crippen LogP contribution in [-0.2, 0) is 0 Å². The summed E-state index contributed by atoms with van der Waals surface area (Å²) in [6.45, 7) is 4.71. The Labute approximate surface area is 210 Å². The quantitative estimate of drug-likeness (QED) is 0.100. The van der Waals surface area contributed by atoms with Crippen LogP contribution in [0.25, 0.3) is 10.8 Å². The van der Waals surface area contributed by atoms with Gasteiger partial charge in [-0.15, -0.1) is 0 Å². The van der Waals surface area contributed by atoms with Gasteiger partial charge in [0.25, 0.3) is 5.91 Å². The van der Waals surface area contributed by atoms with E-state index in [1.165, 1.54) is 6.21 Å². The molecule has 4 rings (SSSR count). The molecule has 0 saturated heterocycles. The van der Waals surface area contributed by atoms with Crippen molar-refractivity contribution in [3.8, 4) is 11.5 Å². The molecule has 6 heteroatoms. The van der Waals surface area contributed by atoms with E-state index >= 15 is 0 Å². The molecule has 1 amide bonds. The molecule has 0 heterocycles. The SMILES string of the molecule is CCCCOc1ccc(C(=O)N/N=C/c2c(OC(=O)c3ccc(C)cc3)ccc3ccccc23)cc1. The molecule has 4 aromatic carbocycles. The second-order valence-corrected chi connectivity index (χ2v) is 8.38. The number of hydrogen-bond acceptors (Lipinski definition) is 5. The van der Waals surface area contributed by atoms with Gasteiger partial charge < -0.3 is 9.47 Å².